The van der Waals surface area contributed by atoms with E-state index in [0.717, 1.165) is 31.6 Å². The fourth-order valence-corrected chi connectivity index (χ4v) is 3.57. The van der Waals surface area contributed by atoms with Crippen molar-refractivity contribution in [3.63, 3.8) is 0 Å². The van der Waals surface area contributed by atoms with Crippen LogP contribution in [0, 0.1) is 0 Å². The molecular weight excluding hydrogens is 290 g/mol. The van der Waals surface area contributed by atoms with E-state index in [-0.39, 0.29) is 0 Å². The average Bonchev–Trinajstić information content (AvgIpc) is 3.11. The van der Waals surface area contributed by atoms with Crippen LogP contribution in [0.3, 0.4) is 0 Å². The minimum absolute atomic E-state index is 0.576. The molecule has 1 aliphatic carbocycles. The minimum atomic E-state index is 0.576. The molecule has 1 saturated heterocycles. The van der Waals surface area contributed by atoms with Crippen LogP contribution in [0.25, 0.3) is 5.65 Å². The summed E-state index contributed by atoms with van der Waals surface area (Å²) in [6.45, 7) is 2.06. The summed E-state index contributed by atoms with van der Waals surface area (Å²) in [7, 11) is 0. The summed E-state index contributed by atoms with van der Waals surface area (Å²) >= 11 is 0. The van der Waals surface area contributed by atoms with Crippen molar-refractivity contribution in [3.05, 3.63) is 36.0 Å². The monoisotopic (exact) mass is 309 g/mol. The van der Waals surface area contributed by atoms with Crippen molar-refractivity contribution < 1.29 is 0 Å². The molecule has 0 radical (unpaired) electrons. The molecule has 1 aliphatic heterocycles. The van der Waals surface area contributed by atoms with Gasteiger partial charge in [0, 0.05) is 36.8 Å². The van der Waals surface area contributed by atoms with Gasteiger partial charge in [-0.25, -0.2) is 0 Å². The van der Waals surface area contributed by atoms with Gasteiger partial charge in [-0.15, -0.1) is 10.2 Å². The van der Waals surface area contributed by atoms with E-state index in [4.69, 9.17) is 0 Å². The quantitative estimate of drug-likeness (QED) is 0.802. The van der Waals surface area contributed by atoms with Gasteiger partial charge in [0.15, 0.2) is 0 Å². The van der Waals surface area contributed by atoms with Gasteiger partial charge in [0.25, 0.3) is 0 Å². The molecule has 2 aliphatic rings. The van der Waals surface area contributed by atoms with Crippen LogP contribution in [0.2, 0.25) is 0 Å². The second-order valence-corrected chi connectivity index (χ2v) is 6.60. The minimum Gasteiger partial charge on any atom is -0.368 e. The maximum absolute atomic E-state index is 4.66. The molecule has 2 fully saturated rings. The molecule has 7 heteroatoms. The van der Waals surface area contributed by atoms with E-state index >= 15 is 0 Å². The number of hydrogen-bond donors (Lipinski definition) is 1. The highest BCUT2D eigenvalue weighted by Gasteiger charge is 2.29. The molecular formula is C16H19N7. The Balaban J connectivity index is 1.43. The third kappa shape index (κ3) is 2.27. The van der Waals surface area contributed by atoms with Crippen molar-refractivity contribution in [2.75, 3.05) is 18.0 Å². The van der Waals surface area contributed by atoms with Crippen molar-refractivity contribution in [1.29, 1.82) is 0 Å². The fourth-order valence-electron chi connectivity index (χ4n) is 3.57. The molecule has 0 bridgehead atoms. The van der Waals surface area contributed by atoms with Crippen LogP contribution < -0.4 is 4.90 Å². The predicted molar refractivity (Wildman–Crippen MR) is 85.5 cm³/mol. The first-order valence-electron chi connectivity index (χ1n) is 8.33. The molecule has 4 heterocycles. The lowest BCUT2D eigenvalue weighted by molar-refractivity contribution is 0.495. The number of nitrogens with zero attached hydrogens (tertiary/aromatic N) is 6. The predicted octanol–water partition coefficient (Wildman–Crippen LogP) is 2.11. The molecule has 0 aromatic carbocycles. The van der Waals surface area contributed by atoms with Gasteiger partial charge >= 0.3 is 0 Å². The van der Waals surface area contributed by atoms with Gasteiger partial charge in [-0.3, -0.25) is 5.10 Å². The zero-order valence-electron chi connectivity index (χ0n) is 12.9. The van der Waals surface area contributed by atoms with E-state index in [1.165, 1.54) is 29.9 Å². The number of anilines is 1. The molecule has 0 atom stereocenters. The molecule has 5 rings (SSSR count). The molecule has 3 aromatic heterocycles. The highest BCUT2D eigenvalue weighted by molar-refractivity contribution is 5.68. The van der Waals surface area contributed by atoms with Crippen LogP contribution in [0.5, 0.6) is 0 Å². The summed E-state index contributed by atoms with van der Waals surface area (Å²) in [4.78, 5) is 2.43. The zero-order valence-corrected chi connectivity index (χ0v) is 12.9. The van der Waals surface area contributed by atoms with Gasteiger partial charge in [-0.2, -0.15) is 14.7 Å². The Morgan fingerprint density at radius 2 is 1.96 bits per heavy atom. The van der Waals surface area contributed by atoms with Crippen LogP contribution in [-0.2, 0) is 0 Å². The van der Waals surface area contributed by atoms with Gasteiger partial charge in [0.2, 0.25) is 5.65 Å². The van der Waals surface area contributed by atoms with E-state index in [1.807, 2.05) is 10.7 Å². The first-order chi connectivity index (χ1) is 11.4. The Morgan fingerprint density at radius 3 is 2.70 bits per heavy atom. The second-order valence-electron chi connectivity index (χ2n) is 6.60. The average molecular weight is 309 g/mol. The number of piperidine rings is 1. The molecule has 0 spiro atoms. The molecule has 7 nitrogen and oxygen atoms in total. The standard InChI is InChI=1S/C16H19N7/c1-2-11(1)14-9-15(16-20-18-10-23(16)21-14)22-7-4-12(5-8-22)13-3-6-17-19-13/h3,6,9-12H,1-2,4-5,7-8H2,(H,17,19). The van der Waals surface area contributed by atoms with Crippen molar-refractivity contribution in [2.45, 2.75) is 37.5 Å². The number of aromatic amines is 1. The molecule has 3 aromatic rings. The Bertz CT molecular complexity index is 810. The Morgan fingerprint density at radius 1 is 1.09 bits per heavy atom. The summed E-state index contributed by atoms with van der Waals surface area (Å²) in [5.74, 6) is 1.20. The lowest BCUT2D eigenvalue weighted by Crippen LogP contribution is -2.33. The second kappa shape index (κ2) is 5.04. The lowest BCUT2D eigenvalue weighted by atomic mass is 9.93. The van der Waals surface area contributed by atoms with E-state index in [1.54, 1.807) is 6.33 Å². The van der Waals surface area contributed by atoms with E-state index in [9.17, 15) is 0 Å². The van der Waals surface area contributed by atoms with Gasteiger partial charge in [0.1, 0.15) is 6.33 Å². The zero-order chi connectivity index (χ0) is 15.2. The van der Waals surface area contributed by atoms with Crippen molar-refractivity contribution >= 4 is 11.3 Å². The highest BCUT2D eigenvalue weighted by atomic mass is 15.4. The van der Waals surface area contributed by atoms with E-state index < -0.39 is 0 Å². The van der Waals surface area contributed by atoms with Crippen LogP contribution in [0.4, 0.5) is 5.69 Å². The first kappa shape index (κ1) is 13.0. The Kier molecular flexibility index (Phi) is 2.86. The smallest absolute Gasteiger partial charge is 0.200 e. The normalized spacial score (nSPS) is 19.6. The fraction of sp³-hybridized carbons (Fsp3) is 0.500. The Labute approximate surface area is 133 Å². The number of hydrogen-bond acceptors (Lipinski definition) is 5. The van der Waals surface area contributed by atoms with Gasteiger partial charge in [-0.05, 0) is 37.8 Å². The summed E-state index contributed by atoms with van der Waals surface area (Å²) < 4.78 is 1.84. The number of rotatable bonds is 3. The van der Waals surface area contributed by atoms with E-state index in [2.05, 4.69) is 42.5 Å². The Hall–Kier alpha value is -2.44. The van der Waals surface area contributed by atoms with Gasteiger partial charge in [-0.1, -0.05) is 0 Å². The highest BCUT2D eigenvalue weighted by Crippen LogP contribution is 2.41. The lowest BCUT2D eigenvalue weighted by Gasteiger charge is -2.33. The maximum Gasteiger partial charge on any atom is 0.200 e. The molecule has 0 unspecified atom stereocenters. The van der Waals surface area contributed by atoms with Crippen LogP contribution >= 0.6 is 0 Å². The van der Waals surface area contributed by atoms with Crippen LogP contribution in [-0.4, -0.2) is 43.1 Å². The van der Waals surface area contributed by atoms with Crippen LogP contribution in [0.15, 0.2) is 24.7 Å². The maximum atomic E-state index is 4.66. The molecule has 0 amide bonds. The topological polar surface area (TPSA) is 75.0 Å². The summed E-state index contributed by atoms with van der Waals surface area (Å²) in [5, 5.41) is 20.2. The number of H-pyrrole nitrogens is 1. The van der Waals surface area contributed by atoms with Crippen LogP contribution in [0.1, 0.15) is 48.9 Å². The summed E-state index contributed by atoms with van der Waals surface area (Å²) in [6.07, 6.45) is 8.31. The summed E-state index contributed by atoms with van der Waals surface area (Å²) in [6, 6.07) is 4.33. The number of aromatic nitrogens is 6. The molecule has 1 N–H and O–H groups in total. The SMILES string of the molecule is c1cc(C2CCN(c3cc(C4CC4)nn4cnnc34)CC2)[nH]n1. The van der Waals surface area contributed by atoms with Gasteiger partial charge < -0.3 is 4.90 Å². The third-order valence-corrected chi connectivity index (χ3v) is 5.06. The number of fused-ring (bicyclic) bond motifs is 1. The molecule has 1 saturated carbocycles. The molecule has 23 heavy (non-hydrogen) atoms. The van der Waals surface area contributed by atoms with Crippen molar-refractivity contribution in [3.8, 4) is 0 Å². The largest absolute Gasteiger partial charge is 0.368 e. The van der Waals surface area contributed by atoms with Crippen molar-refractivity contribution in [1.82, 2.24) is 30.0 Å². The third-order valence-electron chi connectivity index (χ3n) is 5.06. The van der Waals surface area contributed by atoms with Gasteiger partial charge in [0.05, 0.1) is 11.4 Å². The number of nitrogens with one attached hydrogen (secondary N) is 1. The van der Waals surface area contributed by atoms with Crippen molar-refractivity contribution in [2.24, 2.45) is 0 Å². The summed E-state index contributed by atoms with van der Waals surface area (Å²) in [5.41, 5.74) is 4.49. The first-order valence-corrected chi connectivity index (χ1v) is 8.33. The van der Waals surface area contributed by atoms with E-state index in [0.29, 0.717) is 11.8 Å². The molecule has 118 valence electrons.